The van der Waals surface area contributed by atoms with Crippen LogP contribution >= 0.6 is 0 Å². The molecule has 0 spiro atoms. The van der Waals surface area contributed by atoms with E-state index >= 15 is 0 Å². The first-order valence-corrected chi connectivity index (χ1v) is 8.34. The van der Waals surface area contributed by atoms with Gasteiger partial charge in [-0.15, -0.1) is 10.2 Å². The number of benzene rings is 1. The van der Waals surface area contributed by atoms with Gasteiger partial charge in [-0.25, -0.2) is 0 Å². The third kappa shape index (κ3) is 2.08. The number of anilines is 1. The predicted octanol–water partition coefficient (Wildman–Crippen LogP) is 2.89. The molecule has 2 aliphatic rings. The zero-order valence-electron chi connectivity index (χ0n) is 13.6. The van der Waals surface area contributed by atoms with Crippen LogP contribution in [0.3, 0.4) is 0 Å². The summed E-state index contributed by atoms with van der Waals surface area (Å²) in [6.45, 7) is 3.13. The summed E-state index contributed by atoms with van der Waals surface area (Å²) in [6, 6.07) is 12.4. The van der Waals surface area contributed by atoms with E-state index in [9.17, 15) is 0 Å². The Hall–Kier alpha value is -2.82. The van der Waals surface area contributed by atoms with Gasteiger partial charge >= 0.3 is 0 Å². The molecule has 1 saturated heterocycles. The van der Waals surface area contributed by atoms with Crippen LogP contribution in [-0.4, -0.2) is 46.8 Å². The summed E-state index contributed by atoms with van der Waals surface area (Å²) >= 11 is 0. The fourth-order valence-corrected chi connectivity index (χ4v) is 3.90. The average Bonchev–Trinajstić information content (AvgIpc) is 3.27. The largest absolute Gasteiger partial charge is 0.380 e. The first-order chi connectivity index (χ1) is 11.8. The Morgan fingerprint density at radius 1 is 1.08 bits per heavy atom. The Kier molecular flexibility index (Phi) is 2.89. The molecule has 0 amide bonds. The minimum atomic E-state index is 0.644. The van der Waals surface area contributed by atoms with E-state index in [1.165, 1.54) is 11.0 Å². The van der Waals surface area contributed by atoms with E-state index in [1.54, 1.807) is 0 Å². The molecule has 1 fully saturated rings. The average molecular weight is 317 g/mol. The highest BCUT2D eigenvalue weighted by molar-refractivity contribution is 5.94. The van der Waals surface area contributed by atoms with Gasteiger partial charge in [0.15, 0.2) is 5.82 Å². The molecule has 5 heteroatoms. The predicted molar refractivity (Wildman–Crippen MR) is 95.7 cm³/mol. The van der Waals surface area contributed by atoms with Crippen molar-refractivity contribution < 1.29 is 0 Å². The fraction of sp³-hybridized carbons (Fsp3) is 0.263. The highest BCUT2D eigenvalue weighted by Crippen LogP contribution is 2.32. The van der Waals surface area contributed by atoms with Crippen molar-refractivity contribution in [3.8, 4) is 11.3 Å². The summed E-state index contributed by atoms with van der Waals surface area (Å²) in [5, 5.41) is 10.2. The molecular weight excluding hydrogens is 298 g/mol. The van der Waals surface area contributed by atoms with Gasteiger partial charge < -0.3 is 14.8 Å². The third-order valence-corrected chi connectivity index (χ3v) is 5.07. The minimum absolute atomic E-state index is 0.644. The second kappa shape index (κ2) is 5.09. The second-order valence-corrected chi connectivity index (χ2v) is 6.75. The third-order valence-electron chi connectivity index (χ3n) is 5.07. The highest BCUT2D eigenvalue weighted by atomic mass is 15.3. The molecule has 0 saturated carbocycles. The van der Waals surface area contributed by atoms with E-state index in [4.69, 9.17) is 0 Å². The van der Waals surface area contributed by atoms with Gasteiger partial charge in [-0.3, -0.25) is 0 Å². The normalized spacial score (nSPS) is 19.9. The van der Waals surface area contributed by atoms with Gasteiger partial charge in [0.2, 0.25) is 0 Å². The number of hydrogen-bond donors (Lipinski definition) is 1. The van der Waals surface area contributed by atoms with E-state index in [0.29, 0.717) is 5.92 Å². The molecule has 1 N–H and O–H groups in total. The van der Waals surface area contributed by atoms with Gasteiger partial charge in [0, 0.05) is 61.5 Å². The number of nitrogens with one attached hydrogen (secondary N) is 1. The molecule has 2 aromatic heterocycles. The van der Waals surface area contributed by atoms with Crippen LogP contribution in [0.4, 0.5) is 5.82 Å². The van der Waals surface area contributed by atoms with Gasteiger partial charge in [0.1, 0.15) is 0 Å². The van der Waals surface area contributed by atoms with Gasteiger partial charge in [-0.05, 0) is 23.8 Å². The van der Waals surface area contributed by atoms with Crippen LogP contribution in [0.15, 0.2) is 54.4 Å². The number of para-hydroxylation sites is 1. The Balaban J connectivity index is 1.43. The summed E-state index contributed by atoms with van der Waals surface area (Å²) in [5.74, 6) is 1.61. The molecule has 0 aliphatic carbocycles. The topological polar surface area (TPSA) is 48.0 Å². The van der Waals surface area contributed by atoms with Crippen molar-refractivity contribution in [2.45, 2.75) is 0 Å². The quantitative estimate of drug-likeness (QED) is 0.789. The van der Waals surface area contributed by atoms with Gasteiger partial charge in [-0.1, -0.05) is 18.2 Å². The minimum Gasteiger partial charge on any atom is -0.380 e. The van der Waals surface area contributed by atoms with Crippen LogP contribution in [0.1, 0.15) is 0 Å². The van der Waals surface area contributed by atoms with E-state index in [0.717, 1.165) is 42.2 Å². The molecule has 0 bridgehead atoms. The molecule has 1 atom stereocenters. The first-order valence-electron chi connectivity index (χ1n) is 8.34. The molecule has 1 aromatic carbocycles. The molecule has 120 valence electrons. The molecule has 5 rings (SSSR count). The lowest BCUT2D eigenvalue weighted by Gasteiger charge is -2.18. The maximum absolute atomic E-state index is 4.49. The zero-order valence-corrected chi connectivity index (χ0v) is 13.6. The zero-order chi connectivity index (χ0) is 16.1. The van der Waals surface area contributed by atoms with Crippen molar-refractivity contribution in [3.63, 3.8) is 0 Å². The van der Waals surface area contributed by atoms with E-state index < -0.39 is 0 Å². The lowest BCUT2D eigenvalue weighted by molar-refractivity contribution is 0.442. The fourth-order valence-electron chi connectivity index (χ4n) is 3.90. The van der Waals surface area contributed by atoms with Crippen molar-refractivity contribution in [1.29, 1.82) is 0 Å². The molecule has 0 radical (unpaired) electrons. The summed E-state index contributed by atoms with van der Waals surface area (Å²) < 4.78 is 0. The Bertz CT molecular complexity index is 924. The lowest BCUT2D eigenvalue weighted by atomic mass is 10.1. The number of aromatic nitrogens is 3. The SMILES string of the molecule is CN1C=C2CN(c3ccc(-c4c[nH]c5ccccc45)nn3)CC2C1. The van der Waals surface area contributed by atoms with Crippen LogP contribution in [0, 0.1) is 5.92 Å². The maximum atomic E-state index is 4.49. The Morgan fingerprint density at radius 3 is 2.83 bits per heavy atom. The molecule has 1 unspecified atom stereocenters. The van der Waals surface area contributed by atoms with E-state index in [1.807, 2.05) is 12.3 Å². The molecule has 5 nitrogen and oxygen atoms in total. The van der Waals surface area contributed by atoms with Crippen molar-refractivity contribution in [2.75, 3.05) is 31.6 Å². The van der Waals surface area contributed by atoms with E-state index in [2.05, 4.69) is 68.6 Å². The summed E-state index contributed by atoms with van der Waals surface area (Å²) in [5.41, 5.74) is 4.66. The number of rotatable bonds is 2. The number of hydrogen-bond acceptors (Lipinski definition) is 4. The maximum Gasteiger partial charge on any atom is 0.151 e. The van der Waals surface area contributed by atoms with Crippen molar-refractivity contribution >= 4 is 16.7 Å². The van der Waals surface area contributed by atoms with Crippen LogP contribution in [-0.2, 0) is 0 Å². The number of fused-ring (bicyclic) bond motifs is 2. The Labute approximate surface area is 140 Å². The van der Waals surface area contributed by atoms with Crippen LogP contribution < -0.4 is 4.90 Å². The second-order valence-electron chi connectivity index (χ2n) is 6.75. The first kappa shape index (κ1) is 13.6. The standard InChI is InChI=1S/C19H19N5/c1-23-9-13-11-24(12-14(13)10-23)19-7-6-18(21-22-19)16-8-20-17-5-3-2-4-15(16)17/h2-9,14,20H,10-12H2,1H3. The smallest absolute Gasteiger partial charge is 0.151 e. The summed E-state index contributed by atoms with van der Waals surface area (Å²) in [6.07, 6.45) is 4.29. The molecule has 2 aliphatic heterocycles. The van der Waals surface area contributed by atoms with Crippen LogP contribution in [0.25, 0.3) is 22.2 Å². The molecule has 4 heterocycles. The summed E-state index contributed by atoms with van der Waals surface area (Å²) in [7, 11) is 2.14. The van der Waals surface area contributed by atoms with E-state index in [-0.39, 0.29) is 0 Å². The number of aromatic amines is 1. The van der Waals surface area contributed by atoms with Crippen LogP contribution in [0.2, 0.25) is 0 Å². The molecule has 3 aromatic rings. The van der Waals surface area contributed by atoms with Crippen molar-refractivity contribution in [3.05, 3.63) is 54.4 Å². The van der Waals surface area contributed by atoms with Gasteiger partial charge in [0.25, 0.3) is 0 Å². The lowest BCUT2D eigenvalue weighted by Crippen LogP contribution is -2.25. The molecule has 24 heavy (non-hydrogen) atoms. The van der Waals surface area contributed by atoms with Crippen molar-refractivity contribution in [1.82, 2.24) is 20.1 Å². The Morgan fingerprint density at radius 2 is 2.00 bits per heavy atom. The highest BCUT2D eigenvalue weighted by Gasteiger charge is 2.32. The monoisotopic (exact) mass is 317 g/mol. The van der Waals surface area contributed by atoms with Crippen molar-refractivity contribution in [2.24, 2.45) is 5.92 Å². The number of nitrogens with zero attached hydrogens (tertiary/aromatic N) is 4. The number of H-pyrrole nitrogens is 1. The molecular formula is C19H19N5. The van der Waals surface area contributed by atoms with Gasteiger partial charge in [-0.2, -0.15) is 0 Å². The van der Waals surface area contributed by atoms with Crippen LogP contribution in [0.5, 0.6) is 0 Å². The summed E-state index contributed by atoms with van der Waals surface area (Å²) in [4.78, 5) is 7.91. The van der Waals surface area contributed by atoms with Gasteiger partial charge in [0.05, 0.1) is 5.69 Å².